The van der Waals surface area contributed by atoms with Crippen LogP contribution in [-0.4, -0.2) is 13.1 Å². The number of halogens is 1. The number of hydrogen-bond donors (Lipinski definition) is 0. The quantitative estimate of drug-likeness (QED) is 0.745. The number of aromatic nitrogens is 1. The van der Waals surface area contributed by atoms with Crippen molar-refractivity contribution in [3.8, 4) is 0 Å². The number of benzene rings is 1. The molecule has 1 aliphatic heterocycles. The van der Waals surface area contributed by atoms with Gasteiger partial charge in [0.2, 0.25) is 0 Å². The average Bonchev–Trinajstić information content (AvgIpc) is 2.78. The van der Waals surface area contributed by atoms with Crippen molar-refractivity contribution in [3.63, 3.8) is 0 Å². The van der Waals surface area contributed by atoms with Crippen LogP contribution >= 0.6 is 0 Å². The van der Waals surface area contributed by atoms with E-state index in [0.29, 0.717) is 0 Å². The number of hydrogen-bond acceptors (Lipinski definition) is 1. The first-order chi connectivity index (χ1) is 9.92. The number of rotatable bonds is 3. The SMILES string of the molecule is [Cl-].c1ccc(C[n+]2ccc(N3CCCCCC3)cc2)cc1. The molecule has 1 fully saturated rings. The first kappa shape index (κ1) is 15.8. The predicted octanol–water partition coefficient (Wildman–Crippen LogP) is 0.407. The molecule has 2 aromatic rings. The van der Waals surface area contributed by atoms with Gasteiger partial charge in [0.25, 0.3) is 0 Å². The second kappa shape index (κ2) is 8.04. The van der Waals surface area contributed by atoms with E-state index in [1.165, 1.54) is 50.0 Å². The van der Waals surface area contributed by atoms with Crippen LogP contribution in [0.15, 0.2) is 54.9 Å². The van der Waals surface area contributed by atoms with Gasteiger partial charge in [-0.1, -0.05) is 43.2 Å². The molecule has 0 amide bonds. The van der Waals surface area contributed by atoms with Gasteiger partial charge in [0.1, 0.15) is 0 Å². The van der Waals surface area contributed by atoms with E-state index in [0.717, 1.165) is 6.54 Å². The second-order valence-corrected chi connectivity index (χ2v) is 5.62. The molecule has 0 spiro atoms. The van der Waals surface area contributed by atoms with E-state index < -0.39 is 0 Å². The Bertz CT molecular complexity index is 517. The summed E-state index contributed by atoms with van der Waals surface area (Å²) in [5.41, 5.74) is 2.72. The van der Waals surface area contributed by atoms with E-state index in [1.807, 2.05) is 0 Å². The molecule has 0 unspecified atom stereocenters. The maximum atomic E-state index is 2.53. The molecule has 0 N–H and O–H groups in total. The van der Waals surface area contributed by atoms with Gasteiger partial charge in [-0.15, -0.1) is 0 Å². The number of pyridine rings is 1. The van der Waals surface area contributed by atoms with Crippen molar-refractivity contribution in [1.29, 1.82) is 0 Å². The fourth-order valence-electron chi connectivity index (χ4n) is 2.89. The summed E-state index contributed by atoms with van der Waals surface area (Å²) in [6.07, 6.45) is 9.84. The van der Waals surface area contributed by atoms with Gasteiger partial charge in [0.05, 0.1) is 0 Å². The Balaban J connectivity index is 0.00000161. The molecule has 112 valence electrons. The lowest BCUT2D eigenvalue weighted by Gasteiger charge is -2.21. The summed E-state index contributed by atoms with van der Waals surface area (Å²) in [4.78, 5) is 2.53. The van der Waals surface area contributed by atoms with Crippen molar-refractivity contribution < 1.29 is 17.0 Å². The van der Waals surface area contributed by atoms with Crippen molar-refractivity contribution in [3.05, 3.63) is 60.4 Å². The number of anilines is 1. The minimum Gasteiger partial charge on any atom is -1.00 e. The van der Waals surface area contributed by atoms with Crippen LogP contribution in [0.2, 0.25) is 0 Å². The Morgan fingerprint density at radius 2 is 1.43 bits per heavy atom. The zero-order valence-electron chi connectivity index (χ0n) is 12.4. The predicted molar refractivity (Wildman–Crippen MR) is 82.9 cm³/mol. The highest BCUT2D eigenvalue weighted by Gasteiger charge is 2.11. The molecule has 0 aliphatic carbocycles. The van der Waals surface area contributed by atoms with Gasteiger partial charge in [-0.25, -0.2) is 4.57 Å². The second-order valence-electron chi connectivity index (χ2n) is 5.62. The zero-order chi connectivity index (χ0) is 13.6. The zero-order valence-corrected chi connectivity index (χ0v) is 13.2. The van der Waals surface area contributed by atoms with Gasteiger partial charge in [-0.05, 0) is 12.8 Å². The maximum Gasteiger partial charge on any atom is 0.173 e. The van der Waals surface area contributed by atoms with Crippen LogP contribution in [0.25, 0.3) is 0 Å². The van der Waals surface area contributed by atoms with Gasteiger partial charge in [0.15, 0.2) is 18.9 Å². The first-order valence-corrected chi connectivity index (χ1v) is 7.70. The fraction of sp³-hybridized carbons (Fsp3) is 0.389. The third-order valence-electron chi connectivity index (χ3n) is 4.05. The molecule has 1 aromatic heterocycles. The van der Waals surface area contributed by atoms with Crippen LogP contribution in [0.4, 0.5) is 5.69 Å². The molecule has 3 rings (SSSR count). The lowest BCUT2D eigenvalue weighted by molar-refractivity contribution is -0.688. The van der Waals surface area contributed by atoms with Gasteiger partial charge >= 0.3 is 0 Å². The largest absolute Gasteiger partial charge is 1.00 e. The molecule has 2 heterocycles. The third-order valence-corrected chi connectivity index (χ3v) is 4.05. The van der Waals surface area contributed by atoms with Crippen LogP contribution in [0.1, 0.15) is 31.2 Å². The maximum absolute atomic E-state index is 2.53. The van der Waals surface area contributed by atoms with Crippen molar-refractivity contribution in [2.75, 3.05) is 18.0 Å². The highest BCUT2D eigenvalue weighted by atomic mass is 35.5. The van der Waals surface area contributed by atoms with E-state index in [1.54, 1.807) is 0 Å². The molecular weight excluding hydrogens is 280 g/mol. The Hall–Kier alpha value is -1.54. The smallest absolute Gasteiger partial charge is 0.173 e. The molecule has 3 heteroatoms. The summed E-state index contributed by atoms with van der Waals surface area (Å²) in [6.45, 7) is 3.37. The molecule has 2 nitrogen and oxygen atoms in total. The van der Waals surface area contributed by atoms with Crippen LogP contribution < -0.4 is 21.9 Å². The summed E-state index contributed by atoms with van der Waals surface area (Å²) >= 11 is 0. The fourth-order valence-corrected chi connectivity index (χ4v) is 2.89. The molecule has 1 aliphatic rings. The minimum absolute atomic E-state index is 0. The molecule has 1 saturated heterocycles. The van der Waals surface area contributed by atoms with Crippen molar-refractivity contribution in [2.45, 2.75) is 32.2 Å². The van der Waals surface area contributed by atoms with Gasteiger partial charge in [-0.3, -0.25) is 0 Å². The third kappa shape index (κ3) is 4.47. The number of nitrogens with zero attached hydrogens (tertiary/aromatic N) is 2. The average molecular weight is 303 g/mol. The summed E-state index contributed by atoms with van der Waals surface area (Å²) in [5, 5.41) is 0. The molecule has 0 bridgehead atoms. The lowest BCUT2D eigenvalue weighted by atomic mass is 10.2. The summed E-state index contributed by atoms with van der Waals surface area (Å²) in [6, 6.07) is 15.1. The van der Waals surface area contributed by atoms with Crippen LogP contribution in [0, 0.1) is 0 Å². The van der Waals surface area contributed by atoms with Gasteiger partial charge in [0, 0.05) is 36.5 Å². The van der Waals surface area contributed by atoms with Crippen molar-refractivity contribution >= 4 is 5.69 Å². The monoisotopic (exact) mass is 302 g/mol. The molecular formula is C18H23ClN2. The van der Waals surface area contributed by atoms with E-state index in [4.69, 9.17) is 0 Å². The molecule has 1 aromatic carbocycles. The van der Waals surface area contributed by atoms with Gasteiger partial charge in [-0.2, -0.15) is 0 Å². The van der Waals surface area contributed by atoms with Crippen molar-refractivity contribution in [1.82, 2.24) is 0 Å². The standard InChI is InChI=1S/C18H23N2.ClH/c1-2-7-13-20(12-6-1)18-10-14-19(15-11-18)16-17-8-4-3-5-9-17;/h3-5,8-11,14-15H,1-2,6-7,12-13,16H2;1H/q+1;/p-1. The van der Waals surface area contributed by atoms with Crippen LogP contribution in [0.5, 0.6) is 0 Å². The molecule has 21 heavy (non-hydrogen) atoms. The summed E-state index contributed by atoms with van der Waals surface area (Å²) in [5.74, 6) is 0. The van der Waals surface area contributed by atoms with E-state index in [-0.39, 0.29) is 12.4 Å². The Morgan fingerprint density at radius 3 is 2.05 bits per heavy atom. The highest BCUT2D eigenvalue weighted by Crippen LogP contribution is 2.17. The highest BCUT2D eigenvalue weighted by molar-refractivity contribution is 5.43. The molecule has 0 atom stereocenters. The van der Waals surface area contributed by atoms with Gasteiger partial charge < -0.3 is 17.3 Å². The van der Waals surface area contributed by atoms with E-state index in [2.05, 4.69) is 64.3 Å². The lowest BCUT2D eigenvalue weighted by Crippen LogP contribution is -3.00. The minimum atomic E-state index is 0. The van der Waals surface area contributed by atoms with Crippen LogP contribution in [0.3, 0.4) is 0 Å². The summed E-state index contributed by atoms with van der Waals surface area (Å²) < 4.78 is 2.25. The van der Waals surface area contributed by atoms with Crippen LogP contribution in [-0.2, 0) is 6.54 Å². The Kier molecular flexibility index (Phi) is 6.06. The molecule has 0 saturated carbocycles. The van der Waals surface area contributed by atoms with Crippen molar-refractivity contribution in [2.24, 2.45) is 0 Å². The summed E-state index contributed by atoms with van der Waals surface area (Å²) in [7, 11) is 0. The topological polar surface area (TPSA) is 7.12 Å². The first-order valence-electron chi connectivity index (χ1n) is 7.70. The normalized spacial score (nSPS) is 15.1. The Labute approximate surface area is 133 Å². The molecule has 0 radical (unpaired) electrons. The van der Waals surface area contributed by atoms with E-state index in [9.17, 15) is 0 Å². The Morgan fingerprint density at radius 1 is 0.810 bits per heavy atom. The van der Waals surface area contributed by atoms with E-state index >= 15 is 0 Å².